The first kappa shape index (κ1) is 21.2. The molecule has 1 saturated carbocycles. The number of aromatic nitrogens is 4. The van der Waals surface area contributed by atoms with Crippen molar-refractivity contribution < 1.29 is 13.2 Å². The molecule has 0 atom stereocenters. The zero-order valence-electron chi connectivity index (χ0n) is 17.9. The van der Waals surface area contributed by atoms with Gasteiger partial charge in [-0.25, -0.2) is 23.1 Å². The third-order valence-electron chi connectivity index (χ3n) is 6.63. The van der Waals surface area contributed by atoms with Gasteiger partial charge in [-0.3, -0.25) is 9.58 Å². The van der Waals surface area contributed by atoms with Crippen LogP contribution in [0.3, 0.4) is 0 Å². The summed E-state index contributed by atoms with van der Waals surface area (Å²) in [6.45, 7) is 2.92. The van der Waals surface area contributed by atoms with Gasteiger partial charge in [-0.05, 0) is 30.4 Å². The van der Waals surface area contributed by atoms with Crippen LogP contribution in [-0.4, -0.2) is 56.9 Å². The van der Waals surface area contributed by atoms with Gasteiger partial charge in [0, 0.05) is 56.2 Å². The average Bonchev–Trinajstić information content (AvgIpc) is 3.21. The Morgan fingerprint density at radius 2 is 1.97 bits per heavy atom. The van der Waals surface area contributed by atoms with Gasteiger partial charge < -0.3 is 5.32 Å². The highest BCUT2D eigenvalue weighted by atomic mass is 19.3. The zero-order chi connectivity index (χ0) is 22.1. The van der Waals surface area contributed by atoms with Gasteiger partial charge in [0.1, 0.15) is 6.67 Å². The Morgan fingerprint density at radius 1 is 1.12 bits per heavy atom. The highest BCUT2D eigenvalue weighted by Gasteiger charge is 2.34. The predicted octanol–water partition coefficient (Wildman–Crippen LogP) is 4.52. The maximum absolute atomic E-state index is 13.4. The van der Waals surface area contributed by atoms with Crippen LogP contribution in [0.5, 0.6) is 0 Å². The summed E-state index contributed by atoms with van der Waals surface area (Å²) < 4.78 is 41.5. The molecule has 0 saturated heterocycles. The molecule has 3 heterocycles. The highest BCUT2D eigenvalue weighted by molar-refractivity contribution is 5.84. The molecule has 1 aliphatic heterocycles. The summed E-state index contributed by atoms with van der Waals surface area (Å²) in [6.07, 6.45) is 4.60. The summed E-state index contributed by atoms with van der Waals surface area (Å²) >= 11 is 0. The first-order valence-corrected chi connectivity index (χ1v) is 11.2. The number of hydrogen-bond donors (Lipinski definition) is 1. The maximum atomic E-state index is 13.4. The Bertz CT molecular complexity index is 1090. The molecule has 0 radical (unpaired) electrons. The average molecular weight is 445 g/mol. The van der Waals surface area contributed by atoms with Crippen LogP contribution in [0.15, 0.2) is 30.6 Å². The summed E-state index contributed by atoms with van der Waals surface area (Å²) in [5, 5.41) is 8.67. The molecule has 1 aromatic carbocycles. The summed E-state index contributed by atoms with van der Waals surface area (Å²) in [4.78, 5) is 11.1. The maximum Gasteiger partial charge on any atom is 0.248 e. The Morgan fingerprint density at radius 3 is 2.78 bits per heavy atom. The molecular weight excluding hydrogens is 417 g/mol. The molecule has 1 aliphatic carbocycles. The standard InChI is InChI=1S/C23H27F3N6/c24-7-8-31-9-10-32-21(15-31)19(14-29-32)17-1-2-18-13-28-22(30-20(18)11-17)27-12-16-3-5-23(25,26)6-4-16/h1-2,11,13-14,16H,3-10,12,15H2,(H,27,28,30). The number of hydrogen-bond acceptors (Lipinski definition) is 5. The number of rotatable bonds is 6. The van der Waals surface area contributed by atoms with Crippen LogP contribution in [0.4, 0.5) is 19.1 Å². The lowest BCUT2D eigenvalue weighted by Gasteiger charge is -2.28. The van der Waals surface area contributed by atoms with E-state index in [0.717, 1.165) is 40.8 Å². The molecule has 0 bridgehead atoms. The molecular formula is C23H27F3N6. The minimum atomic E-state index is -2.51. The summed E-state index contributed by atoms with van der Waals surface area (Å²) in [5.74, 6) is -1.79. The van der Waals surface area contributed by atoms with Crippen LogP contribution in [0.25, 0.3) is 22.0 Å². The van der Waals surface area contributed by atoms with E-state index in [0.29, 0.717) is 38.4 Å². The third kappa shape index (κ3) is 4.44. The molecule has 5 rings (SSSR count). The Balaban J connectivity index is 1.33. The van der Waals surface area contributed by atoms with E-state index >= 15 is 0 Å². The van der Waals surface area contributed by atoms with E-state index in [2.05, 4.69) is 25.3 Å². The van der Waals surface area contributed by atoms with E-state index in [1.807, 2.05) is 29.1 Å². The summed E-state index contributed by atoms with van der Waals surface area (Å²) in [7, 11) is 0. The van der Waals surface area contributed by atoms with Crippen molar-refractivity contribution in [1.29, 1.82) is 0 Å². The van der Waals surface area contributed by atoms with Crippen molar-refractivity contribution in [2.75, 3.05) is 31.6 Å². The quantitative estimate of drug-likeness (QED) is 0.606. The lowest BCUT2D eigenvalue weighted by Crippen LogP contribution is -2.35. The molecule has 0 spiro atoms. The second-order valence-corrected chi connectivity index (χ2v) is 8.84. The summed E-state index contributed by atoms with van der Waals surface area (Å²) in [6, 6.07) is 6.05. The molecule has 6 nitrogen and oxygen atoms in total. The minimum absolute atomic E-state index is 0.0416. The van der Waals surface area contributed by atoms with Gasteiger partial charge in [0.05, 0.1) is 24.0 Å². The molecule has 9 heteroatoms. The minimum Gasteiger partial charge on any atom is -0.354 e. The van der Waals surface area contributed by atoms with Gasteiger partial charge in [-0.1, -0.05) is 12.1 Å². The first-order valence-electron chi connectivity index (χ1n) is 11.2. The van der Waals surface area contributed by atoms with Crippen molar-refractivity contribution in [3.63, 3.8) is 0 Å². The SMILES string of the molecule is FCCN1CCn2ncc(-c3ccc4cnc(NCC5CCC(F)(F)CC5)nc4c3)c2C1. The van der Waals surface area contributed by atoms with Crippen molar-refractivity contribution in [2.24, 2.45) is 5.92 Å². The van der Waals surface area contributed by atoms with Crippen molar-refractivity contribution in [1.82, 2.24) is 24.6 Å². The predicted molar refractivity (Wildman–Crippen MR) is 117 cm³/mol. The lowest BCUT2D eigenvalue weighted by atomic mass is 9.87. The second kappa shape index (κ2) is 8.69. The van der Waals surface area contributed by atoms with Crippen LogP contribution < -0.4 is 5.32 Å². The first-order chi connectivity index (χ1) is 15.5. The summed E-state index contributed by atoms with van der Waals surface area (Å²) in [5.41, 5.74) is 3.95. The number of alkyl halides is 3. The monoisotopic (exact) mass is 444 g/mol. The number of halogens is 3. The number of nitrogens with zero attached hydrogens (tertiary/aromatic N) is 5. The molecule has 1 fully saturated rings. The largest absolute Gasteiger partial charge is 0.354 e. The molecule has 170 valence electrons. The fraction of sp³-hybridized carbons (Fsp3) is 0.522. The van der Waals surface area contributed by atoms with Gasteiger partial charge in [0.2, 0.25) is 11.9 Å². The van der Waals surface area contributed by atoms with Crippen LogP contribution in [0.2, 0.25) is 0 Å². The number of anilines is 1. The van der Waals surface area contributed by atoms with Gasteiger partial charge in [-0.2, -0.15) is 5.10 Å². The fourth-order valence-corrected chi connectivity index (χ4v) is 4.66. The van der Waals surface area contributed by atoms with Crippen LogP contribution in [0.1, 0.15) is 31.4 Å². The third-order valence-corrected chi connectivity index (χ3v) is 6.63. The smallest absolute Gasteiger partial charge is 0.248 e. The fourth-order valence-electron chi connectivity index (χ4n) is 4.66. The molecule has 2 aliphatic rings. The highest BCUT2D eigenvalue weighted by Crippen LogP contribution is 2.36. The van der Waals surface area contributed by atoms with Crippen molar-refractivity contribution in [3.8, 4) is 11.1 Å². The van der Waals surface area contributed by atoms with Crippen LogP contribution >= 0.6 is 0 Å². The second-order valence-electron chi connectivity index (χ2n) is 8.84. The van der Waals surface area contributed by atoms with Crippen molar-refractivity contribution in [3.05, 3.63) is 36.3 Å². The van der Waals surface area contributed by atoms with Gasteiger partial charge in [0.25, 0.3) is 0 Å². The topological polar surface area (TPSA) is 58.9 Å². The number of fused-ring (bicyclic) bond motifs is 2. The van der Waals surface area contributed by atoms with E-state index in [9.17, 15) is 13.2 Å². The Kier molecular flexibility index (Phi) is 5.75. The lowest BCUT2D eigenvalue weighted by molar-refractivity contribution is -0.0443. The van der Waals surface area contributed by atoms with Crippen LogP contribution in [0, 0.1) is 5.92 Å². The number of nitrogens with one attached hydrogen (secondary N) is 1. The zero-order valence-corrected chi connectivity index (χ0v) is 17.9. The van der Waals surface area contributed by atoms with E-state index in [1.165, 1.54) is 0 Å². The van der Waals surface area contributed by atoms with Crippen molar-refractivity contribution >= 4 is 16.9 Å². The van der Waals surface area contributed by atoms with Crippen molar-refractivity contribution in [2.45, 2.75) is 44.7 Å². The van der Waals surface area contributed by atoms with E-state index in [1.54, 1.807) is 6.20 Å². The molecule has 0 unspecified atom stereocenters. The molecule has 0 amide bonds. The van der Waals surface area contributed by atoms with Gasteiger partial charge in [0.15, 0.2) is 0 Å². The van der Waals surface area contributed by atoms with E-state index in [-0.39, 0.29) is 25.4 Å². The van der Waals surface area contributed by atoms with Crippen LogP contribution in [-0.2, 0) is 13.1 Å². The Labute approximate surface area is 184 Å². The normalized spacial score (nSPS) is 19.2. The Hall–Kier alpha value is -2.68. The van der Waals surface area contributed by atoms with Gasteiger partial charge >= 0.3 is 0 Å². The molecule has 1 N–H and O–H groups in total. The van der Waals surface area contributed by atoms with E-state index in [4.69, 9.17) is 0 Å². The molecule has 2 aromatic heterocycles. The molecule has 32 heavy (non-hydrogen) atoms. The number of benzene rings is 1. The van der Waals surface area contributed by atoms with E-state index < -0.39 is 5.92 Å². The van der Waals surface area contributed by atoms with Gasteiger partial charge in [-0.15, -0.1) is 0 Å². The molecule has 3 aromatic rings.